The Morgan fingerprint density at radius 1 is 1.17 bits per heavy atom. The van der Waals surface area contributed by atoms with Crippen molar-refractivity contribution >= 4 is 11.9 Å². The Labute approximate surface area is 106 Å². The fourth-order valence-electron chi connectivity index (χ4n) is 1.61. The zero-order valence-electron chi connectivity index (χ0n) is 10.4. The number of phenolic OH excluding ortho intramolecular Hbond substituents is 1. The molecule has 2 rings (SSSR count). The van der Waals surface area contributed by atoms with E-state index in [1.54, 1.807) is 31.5 Å². The van der Waals surface area contributed by atoms with Crippen LogP contribution in [-0.4, -0.2) is 18.4 Å². The molecule has 3 nitrogen and oxygen atoms in total. The van der Waals surface area contributed by atoms with Crippen LogP contribution in [0.4, 0.5) is 5.69 Å². The maximum absolute atomic E-state index is 9.80. The Morgan fingerprint density at radius 3 is 2.61 bits per heavy atom. The molecule has 0 aromatic heterocycles. The molecule has 1 N–H and O–H groups in total. The molecule has 0 heterocycles. The summed E-state index contributed by atoms with van der Waals surface area (Å²) in [5.74, 6) is 0.784. The normalized spacial score (nSPS) is 10.8. The number of nitrogens with zero attached hydrogens (tertiary/aromatic N) is 1. The van der Waals surface area contributed by atoms with Gasteiger partial charge in [-0.3, -0.25) is 4.99 Å². The topological polar surface area (TPSA) is 41.8 Å². The third kappa shape index (κ3) is 2.69. The van der Waals surface area contributed by atoms with Crippen molar-refractivity contribution in [3.05, 3.63) is 53.6 Å². The van der Waals surface area contributed by atoms with Crippen LogP contribution in [0.3, 0.4) is 0 Å². The van der Waals surface area contributed by atoms with E-state index in [0.29, 0.717) is 11.3 Å². The van der Waals surface area contributed by atoms with E-state index in [2.05, 4.69) is 4.99 Å². The SMILES string of the molecule is COc1ccc(C=Nc2ccccc2C)c(O)c1. The summed E-state index contributed by atoms with van der Waals surface area (Å²) in [6.07, 6.45) is 1.65. The van der Waals surface area contributed by atoms with Gasteiger partial charge in [0, 0.05) is 17.8 Å². The fourth-order valence-corrected chi connectivity index (χ4v) is 1.61. The molecule has 3 heteroatoms. The molecule has 0 fully saturated rings. The predicted molar refractivity (Wildman–Crippen MR) is 73.1 cm³/mol. The number of hydrogen-bond donors (Lipinski definition) is 1. The molecular weight excluding hydrogens is 226 g/mol. The van der Waals surface area contributed by atoms with Crippen LogP contribution < -0.4 is 4.74 Å². The fraction of sp³-hybridized carbons (Fsp3) is 0.133. The number of ether oxygens (including phenoxy) is 1. The first kappa shape index (κ1) is 12.2. The summed E-state index contributed by atoms with van der Waals surface area (Å²) in [4.78, 5) is 4.37. The quantitative estimate of drug-likeness (QED) is 0.836. The van der Waals surface area contributed by atoms with Gasteiger partial charge < -0.3 is 9.84 Å². The van der Waals surface area contributed by atoms with Crippen molar-refractivity contribution in [3.8, 4) is 11.5 Å². The monoisotopic (exact) mass is 241 g/mol. The van der Waals surface area contributed by atoms with Gasteiger partial charge in [0.15, 0.2) is 0 Å². The maximum atomic E-state index is 9.80. The van der Waals surface area contributed by atoms with Gasteiger partial charge in [0.1, 0.15) is 11.5 Å². The molecule has 0 atom stereocenters. The van der Waals surface area contributed by atoms with E-state index in [-0.39, 0.29) is 5.75 Å². The second-order valence-electron chi connectivity index (χ2n) is 3.97. The molecule has 0 aliphatic heterocycles. The summed E-state index contributed by atoms with van der Waals surface area (Å²) in [7, 11) is 1.57. The third-order valence-corrected chi connectivity index (χ3v) is 2.70. The van der Waals surface area contributed by atoms with Gasteiger partial charge >= 0.3 is 0 Å². The summed E-state index contributed by atoms with van der Waals surface area (Å²) in [5.41, 5.74) is 2.66. The van der Waals surface area contributed by atoms with Gasteiger partial charge in [-0.2, -0.15) is 0 Å². The molecule has 0 amide bonds. The van der Waals surface area contributed by atoms with Gasteiger partial charge in [0.25, 0.3) is 0 Å². The lowest BCUT2D eigenvalue weighted by molar-refractivity contribution is 0.407. The second-order valence-corrected chi connectivity index (χ2v) is 3.97. The molecule has 0 saturated carbocycles. The summed E-state index contributed by atoms with van der Waals surface area (Å²) >= 11 is 0. The number of methoxy groups -OCH3 is 1. The second kappa shape index (κ2) is 5.36. The summed E-state index contributed by atoms with van der Waals surface area (Å²) in [5, 5.41) is 9.80. The number of aromatic hydroxyl groups is 1. The molecule has 2 aromatic carbocycles. The molecule has 0 spiro atoms. The Hall–Kier alpha value is -2.29. The lowest BCUT2D eigenvalue weighted by Crippen LogP contribution is -1.86. The molecule has 0 unspecified atom stereocenters. The highest BCUT2D eigenvalue weighted by Crippen LogP contribution is 2.23. The number of benzene rings is 2. The van der Waals surface area contributed by atoms with Crippen LogP contribution in [0.15, 0.2) is 47.5 Å². The lowest BCUT2D eigenvalue weighted by Gasteiger charge is -2.03. The third-order valence-electron chi connectivity index (χ3n) is 2.70. The molecule has 0 aliphatic rings. The molecule has 0 bridgehead atoms. The van der Waals surface area contributed by atoms with Gasteiger partial charge in [-0.25, -0.2) is 0 Å². The largest absolute Gasteiger partial charge is 0.507 e. The summed E-state index contributed by atoms with van der Waals surface area (Å²) in [6.45, 7) is 2.00. The van der Waals surface area contributed by atoms with Crippen LogP contribution in [0.1, 0.15) is 11.1 Å². The van der Waals surface area contributed by atoms with E-state index in [1.165, 1.54) is 0 Å². The highest BCUT2D eigenvalue weighted by molar-refractivity contribution is 5.85. The molecule has 0 aliphatic carbocycles. The minimum absolute atomic E-state index is 0.159. The van der Waals surface area contributed by atoms with Gasteiger partial charge in [-0.05, 0) is 30.7 Å². The average Bonchev–Trinajstić information content (AvgIpc) is 2.39. The number of para-hydroxylation sites is 1. The summed E-state index contributed by atoms with van der Waals surface area (Å²) < 4.78 is 5.03. The van der Waals surface area contributed by atoms with Crippen LogP contribution >= 0.6 is 0 Å². The number of hydrogen-bond acceptors (Lipinski definition) is 3. The number of aliphatic imine (C=N–C) groups is 1. The van der Waals surface area contributed by atoms with E-state index in [9.17, 15) is 5.11 Å². The molecule has 18 heavy (non-hydrogen) atoms. The first-order valence-corrected chi connectivity index (χ1v) is 5.67. The lowest BCUT2D eigenvalue weighted by atomic mass is 10.2. The number of aryl methyl sites for hydroxylation is 1. The highest BCUT2D eigenvalue weighted by Gasteiger charge is 2.00. The predicted octanol–water partition coefficient (Wildman–Crippen LogP) is 3.46. The van der Waals surface area contributed by atoms with E-state index in [0.717, 1.165) is 11.3 Å². The van der Waals surface area contributed by atoms with Gasteiger partial charge in [-0.15, -0.1) is 0 Å². The van der Waals surface area contributed by atoms with Crippen molar-refractivity contribution in [1.82, 2.24) is 0 Å². The van der Waals surface area contributed by atoms with Crippen LogP contribution in [0.5, 0.6) is 11.5 Å². The van der Waals surface area contributed by atoms with Crippen molar-refractivity contribution in [2.24, 2.45) is 4.99 Å². The Balaban J connectivity index is 2.27. The first-order valence-electron chi connectivity index (χ1n) is 5.67. The van der Waals surface area contributed by atoms with Crippen LogP contribution in [-0.2, 0) is 0 Å². The van der Waals surface area contributed by atoms with Gasteiger partial charge in [0.05, 0.1) is 12.8 Å². The van der Waals surface area contributed by atoms with Gasteiger partial charge in [-0.1, -0.05) is 18.2 Å². The number of phenols is 1. The van der Waals surface area contributed by atoms with Crippen molar-refractivity contribution in [3.63, 3.8) is 0 Å². The standard InChI is InChI=1S/C15H15NO2/c1-11-5-3-4-6-14(11)16-10-12-7-8-13(18-2)9-15(12)17/h3-10,17H,1-2H3. The van der Waals surface area contributed by atoms with Crippen LogP contribution in [0.25, 0.3) is 0 Å². The zero-order valence-corrected chi connectivity index (χ0v) is 10.4. The zero-order chi connectivity index (χ0) is 13.0. The average molecular weight is 241 g/mol. The molecule has 92 valence electrons. The minimum Gasteiger partial charge on any atom is -0.507 e. The van der Waals surface area contributed by atoms with Crippen molar-refractivity contribution in [2.75, 3.05) is 7.11 Å². The Bertz CT molecular complexity index is 576. The van der Waals surface area contributed by atoms with E-state index >= 15 is 0 Å². The van der Waals surface area contributed by atoms with Crippen LogP contribution in [0, 0.1) is 6.92 Å². The summed E-state index contributed by atoms with van der Waals surface area (Å²) in [6, 6.07) is 13.0. The smallest absolute Gasteiger partial charge is 0.128 e. The maximum Gasteiger partial charge on any atom is 0.128 e. The Morgan fingerprint density at radius 2 is 1.94 bits per heavy atom. The van der Waals surface area contributed by atoms with Crippen molar-refractivity contribution < 1.29 is 9.84 Å². The van der Waals surface area contributed by atoms with Gasteiger partial charge in [0.2, 0.25) is 0 Å². The van der Waals surface area contributed by atoms with Crippen LogP contribution in [0.2, 0.25) is 0 Å². The van der Waals surface area contributed by atoms with Crippen molar-refractivity contribution in [2.45, 2.75) is 6.92 Å². The molecular formula is C15H15NO2. The highest BCUT2D eigenvalue weighted by atomic mass is 16.5. The molecule has 0 saturated heterocycles. The van der Waals surface area contributed by atoms with Crippen molar-refractivity contribution in [1.29, 1.82) is 0 Å². The molecule has 0 radical (unpaired) electrons. The minimum atomic E-state index is 0.159. The first-order chi connectivity index (χ1) is 8.70. The van der Waals surface area contributed by atoms with E-state index < -0.39 is 0 Å². The van der Waals surface area contributed by atoms with E-state index in [1.807, 2.05) is 31.2 Å². The van der Waals surface area contributed by atoms with E-state index in [4.69, 9.17) is 4.74 Å². The molecule has 2 aromatic rings. The number of rotatable bonds is 3. The Kier molecular flexibility index (Phi) is 3.63.